The molecule has 0 saturated carbocycles. The highest BCUT2D eigenvalue weighted by atomic mass is 16.5. The molecule has 0 amide bonds. The topological polar surface area (TPSA) is 620 Å². The highest BCUT2D eigenvalue weighted by molar-refractivity contribution is 6.35. The minimum atomic E-state index is -2.33. The van der Waals surface area contributed by atoms with Gasteiger partial charge >= 0.3 is 0 Å². The first-order chi connectivity index (χ1) is 37.7. The average Bonchev–Trinajstić information content (AvgIpc) is 1.29. The molecule has 418 valence electrons. The third-order valence-corrected chi connectivity index (χ3v) is 13.7. The molecular weight excluding hydrogens is 1100 g/mol. The summed E-state index contributed by atoms with van der Waals surface area (Å²) >= 11 is 0. The van der Waals surface area contributed by atoms with E-state index in [1.54, 1.807) is 0 Å². The van der Waals surface area contributed by atoms with Gasteiger partial charge in [0.15, 0.2) is 103 Å². The lowest BCUT2D eigenvalue weighted by Crippen LogP contribution is -2.22. The third kappa shape index (κ3) is 5.97. The number of aliphatic hydroxyl groups is 3. The standard InChI is InChI=1S/C50H32O31/c1-2-3-6-15(32(63)44(75)39(70)22(6)53)35(66)47(78)49(3)81-48(2)36(67)19(50(79)80)18-20(51)7-4(11-13-16(30(61)37(68)23(11)54)33(64)45(76)42(73)27(13)58)9-10(26(57)41(72)40(71)25(9)56)5(8(7)21(52)29(18)60)12-14-17(31(62)38(69)24(12)55)34(65)46(77)43(74)28(14)59/h51-80H,1H2/b48-36-. The van der Waals surface area contributed by atoms with Crippen molar-refractivity contribution in [2.45, 2.75) is 0 Å². The van der Waals surface area contributed by atoms with E-state index >= 15 is 0 Å². The Morgan fingerprint density at radius 1 is 0.235 bits per heavy atom. The van der Waals surface area contributed by atoms with E-state index in [-0.39, 0.29) is 0 Å². The van der Waals surface area contributed by atoms with Crippen molar-refractivity contribution in [3.05, 3.63) is 22.1 Å². The van der Waals surface area contributed by atoms with Gasteiger partial charge in [-0.15, -0.1) is 0 Å². The predicted molar refractivity (Wildman–Crippen MR) is 269 cm³/mol. The molecule has 9 aromatic carbocycles. The molecule has 0 unspecified atom stereocenters. The first kappa shape index (κ1) is 51.8. The summed E-state index contributed by atoms with van der Waals surface area (Å²) in [7, 11) is 0. The maximum atomic E-state index is 12.9. The number of fused-ring (bicyclic) bond motifs is 7. The predicted octanol–water partition coefficient (Wildman–Crippen LogP) is 4.15. The van der Waals surface area contributed by atoms with Crippen LogP contribution in [0.25, 0.3) is 105 Å². The van der Waals surface area contributed by atoms with E-state index in [4.69, 9.17) is 4.42 Å². The van der Waals surface area contributed by atoms with Crippen molar-refractivity contribution in [2.75, 3.05) is 0 Å². The molecule has 1 aromatic heterocycles. The minimum absolute atomic E-state index is 0.821. The lowest BCUT2D eigenvalue weighted by Gasteiger charge is -2.26. The summed E-state index contributed by atoms with van der Waals surface area (Å²) in [6.07, 6.45) is 0. The van der Waals surface area contributed by atoms with E-state index in [1.165, 1.54) is 0 Å². The molecule has 0 fully saturated rings. The SMILES string of the molecule is C=c1/c(=C(/O)C(=C(O)O)c2c(O)c(O)c3c(-c4c(O)c(O)c(O)c5c(O)c(O)c(O)c(O)c45)c4c(O)c(O)c(O)c(O)c4c(-c4c(O)c(O)c(O)c5c(O)c(O)c(O)c(O)c45)c3c2O)oc2c(O)c(O)c3c(O)c(O)c(O)c(O)c3c12. The number of rotatable bonds is 4. The van der Waals surface area contributed by atoms with Crippen LogP contribution in [0.2, 0.25) is 0 Å². The Hall–Kier alpha value is -12.7. The van der Waals surface area contributed by atoms with Crippen LogP contribution in [-0.4, -0.2) is 153 Å². The van der Waals surface area contributed by atoms with Crippen LogP contribution >= 0.6 is 0 Å². The maximum absolute atomic E-state index is 12.9. The van der Waals surface area contributed by atoms with Crippen molar-refractivity contribution in [1.82, 2.24) is 0 Å². The van der Waals surface area contributed by atoms with Gasteiger partial charge in [0.1, 0.15) is 11.3 Å². The number of phenolic OH excluding ortho intramolecular Hbond substituents is 27. The van der Waals surface area contributed by atoms with Crippen molar-refractivity contribution in [1.29, 1.82) is 0 Å². The van der Waals surface area contributed by atoms with Gasteiger partial charge in [-0.25, -0.2) is 0 Å². The molecule has 0 bridgehead atoms. The van der Waals surface area contributed by atoms with E-state index in [1.807, 2.05) is 0 Å². The summed E-state index contributed by atoms with van der Waals surface area (Å²) in [5.41, 5.74) is -12.5. The first-order valence-corrected chi connectivity index (χ1v) is 21.7. The largest absolute Gasteiger partial charge is 0.506 e. The summed E-state index contributed by atoms with van der Waals surface area (Å²) in [5, 5.41) is 323. The van der Waals surface area contributed by atoms with Crippen LogP contribution in [0.15, 0.2) is 10.4 Å². The summed E-state index contributed by atoms with van der Waals surface area (Å²) in [6, 6.07) is 0. The lowest BCUT2D eigenvalue weighted by atomic mass is 9.79. The van der Waals surface area contributed by atoms with Gasteiger partial charge in [0.2, 0.25) is 63.2 Å². The van der Waals surface area contributed by atoms with Crippen LogP contribution < -0.4 is 10.6 Å². The Kier molecular flexibility index (Phi) is 10.3. The van der Waals surface area contributed by atoms with E-state index in [9.17, 15) is 153 Å². The molecule has 0 saturated heterocycles. The monoisotopic (exact) mass is 1130 g/mol. The van der Waals surface area contributed by atoms with Crippen LogP contribution in [0, 0.1) is 0 Å². The number of aromatic hydroxyl groups is 27. The second-order valence-corrected chi connectivity index (χ2v) is 17.7. The summed E-state index contributed by atoms with van der Waals surface area (Å²) in [4.78, 5) is 0. The summed E-state index contributed by atoms with van der Waals surface area (Å²) < 4.78 is 5.50. The lowest BCUT2D eigenvalue weighted by molar-refractivity contribution is 0.193. The molecule has 10 aromatic rings. The van der Waals surface area contributed by atoms with Crippen LogP contribution in [-0.2, 0) is 0 Å². The van der Waals surface area contributed by atoms with Gasteiger partial charge < -0.3 is 158 Å². The molecular formula is C50H32O31. The van der Waals surface area contributed by atoms with Gasteiger partial charge in [-0.3, -0.25) is 0 Å². The Morgan fingerprint density at radius 3 is 0.815 bits per heavy atom. The van der Waals surface area contributed by atoms with Crippen molar-refractivity contribution in [3.8, 4) is 177 Å². The van der Waals surface area contributed by atoms with E-state index in [0.29, 0.717) is 0 Å². The summed E-state index contributed by atoms with van der Waals surface area (Å²) in [6.45, 7) is 3.59. The van der Waals surface area contributed by atoms with Gasteiger partial charge in [0, 0.05) is 70.6 Å². The fraction of sp³-hybridized carbons (Fsp3) is 0. The number of hydrogen-bond acceptors (Lipinski definition) is 31. The van der Waals surface area contributed by atoms with Gasteiger partial charge in [-0.2, -0.15) is 0 Å². The van der Waals surface area contributed by atoms with Gasteiger partial charge in [0.05, 0.1) is 21.7 Å². The number of benzene rings is 9. The highest BCUT2D eigenvalue weighted by Crippen LogP contribution is 2.69. The molecule has 0 aliphatic heterocycles. The Morgan fingerprint density at radius 2 is 0.481 bits per heavy atom. The van der Waals surface area contributed by atoms with Crippen molar-refractivity contribution in [2.24, 2.45) is 0 Å². The third-order valence-electron chi connectivity index (χ3n) is 13.7. The number of phenols is 27. The summed E-state index contributed by atoms with van der Waals surface area (Å²) in [5.74, 6) is -51.3. The first-order valence-electron chi connectivity index (χ1n) is 21.7. The molecule has 31 nitrogen and oxygen atoms in total. The number of furan rings is 1. The van der Waals surface area contributed by atoms with Crippen molar-refractivity contribution >= 4 is 82.7 Å². The smallest absolute Gasteiger partial charge is 0.286 e. The highest BCUT2D eigenvalue weighted by Gasteiger charge is 2.41. The van der Waals surface area contributed by atoms with Gasteiger partial charge in [-0.05, 0) is 0 Å². The minimum Gasteiger partial charge on any atom is -0.506 e. The van der Waals surface area contributed by atoms with Crippen LogP contribution in [0.5, 0.6) is 155 Å². The number of aliphatic hydroxyl groups excluding tert-OH is 2. The molecule has 0 aliphatic rings. The molecule has 81 heavy (non-hydrogen) atoms. The molecule has 0 atom stereocenters. The average molecular weight is 1130 g/mol. The van der Waals surface area contributed by atoms with Crippen molar-refractivity contribution < 1.29 is 158 Å². The van der Waals surface area contributed by atoms with Crippen molar-refractivity contribution in [3.63, 3.8) is 0 Å². The Bertz CT molecular complexity index is 4860. The molecule has 1 heterocycles. The Balaban J connectivity index is 1.57. The van der Waals surface area contributed by atoms with E-state index < -0.39 is 276 Å². The second-order valence-electron chi connectivity index (χ2n) is 17.7. The molecule has 30 N–H and O–H groups in total. The fourth-order valence-corrected chi connectivity index (χ4v) is 10.1. The number of hydrogen-bond donors (Lipinski definition) is 30. The van der Waals surface area contributed by atoms with Crippen LogP contribution in [0.1, 0.15) is 5.56 Å². The molecule has 0 aliphatic carbocycles. The van der Waals surface area contributed by atoms with Crippen LogP contribution in [0.4, 0.5) is 0 Å². The Labute approximate surface area is 439 Å². The fourth-order valence-electron chi connectivity index (χ4n) is 10.1. The maximum Gasteiger partial charge on any atom is 0.286 e. The molecule has 0 spiro atoms. The van der Waals surface area contributed by atoms with E-state index in [0.717, 1.165) is 0 Å². The second kappa shape index (κ2) is 16.2. The normalized spacial score (nSPS) is 12.2. The van der Waals surface area contributed by atoms with Gasteiger partial charge in [-0.1, -0.05) is 6.58 Å². The zero-order valence-corrected chi connectivity index (χ0v) is 39.0. The van der Waals surface area contributed by atoms with Crippen LogP contribution in [0.3, 0.4) is 0 Å². The zero-order valence-electron chi connectivity index (χ0n) is 39.0. The van der Waals surface area contributed by atoms with Gasteiger partial charge in [0.25, 0.3) is 5.95 Å². The molecule has 10 rings (SSSR count). The van der Waals surface area contributed by atoms with E-state index in [2.05, 4.69) is 6.58 Å². The molecule has 31 heteroatoms. The molecule has 0 radical (unpaired) electrons. The quantitative estimate of drug-likeness (QED) is 0.0509. The zero-order chi connectivity index (χ0) is 60.0.